The molecule has 3 nitrogen and oxygen atoms in total. The van der Waals surface area contributed by atoms with E-state index in [1.807, 2.05) is 30.3 Å². The van der Waals surface area contributed by atoms with Crippen molar-refractivity contribution in [1.82, 2.24) is 10.2 Å². The minimum absolute atomic E-state index is 0.153. The predicted molar refractivity (Wildman–Crippen MR) is 84.7 cm³/mol. The van der Waals surface area contributed by atoms with Crippen molar-refractivity contribution in [1.29, 1.82) is 0 Å². The molecule has 1 saturated carbocycles. The zero-order chi connectivity index (χ0) is 14.7. The van der Waals surface area contributed by atoms with E-state index in [1.54, 1.807) is 0 Å². The molecule has 0 radical (unpaired) electrons. The van der Waals surface area contributed by atoms with Crippen LogP contribution in [0.15, 0.2) is 30.3 Å². The number of nitrogens with zero attached hydrogens (tertiary/aromatic N) is 1. The van der Waals surface area contributed by atoms with Crippen LogP contribution in [-0.4, -0.2) is 23.5 Å². The fourth-order valence-corrected chi connectivity index (χ4v) is 3.78. The number of rotatable bonds is 5. The first kappa shape index (κ1) is 14.6. The molecule has 2 unspecified atom stereocenters. The Morgan fingerprint density at radius 2 is 1.90 bits per heavy atom. The molecule has 1 aromatic carbocycles. The predicted octanol–water partition coefficient (Wildman–Crippen LogP) is 3.48. The van der Waals surface area contributed by atoms with Crippen LogP contribution in [0.2, 0.25) is 0 Å². The van der Waals surface area contributed by atoms with Gasteiger partial charge < -0.3 is 4.90 Å². The molecule has 114 valence electrons. The van der Waals surface area contributed by atoms with Crippen LogP contribution in [0.25, 0.3) is 0 Å². The van der Waals surface area contributed by atoms with Crippen LogP contribution >= 0.6 is 0 Å². The normalized spacial score (nSPS) is 26.7. The maximum absolute atomic E-state index is 12.7. The molecule has 0 aromatic heterocycles. The summed E-state index contributed by atoms with van der Waals surface area (Å²) in [6, 6.07) is 9.95. The Balaban J connectivity index is 1.66. The summed E-state index contributed by atoms with van der Waals surface area (Å²) in [5.41, 5.74) is 1.09. The third-order valence-electron chi connectivity index (χ3n) is 5.04. The average Bonchev–Trinajstić information content (AvgIpc) is 3.14. The maximum atomic E-state index is 12.7. The Morgan fingerprint density at radius 1 is 1.19 bits per heavy atom. The average molecular weight is 286 g/mol. The van der Waals surface area contributed by atoms with Crippen molar-refractivity contribution in [2.24, 2.45) is 5.92 Å². The van der Waals surface area contributed by atoms with E-state index in [0.717, 1.165) is 24.4 Å². The number of hydrogen-bond acceptors (Lipinski definition) is 2. The third-order valence-corrected chi connectivity index (χ3v) is 5.04. The van der Waals surface area contributed by atoms with E-state index in [4.69, 9.17) is 0 Å². The van der Waals surface area contributed by atoms with Gasteiger partial charge in [0.1, 0.15) is 6.04 Å². The van der Waals surface area contributed by atoms with Crippen LogP contribution < -0.4 is 5.32 Å². The van der Waals surface area contributed by atoms with E-state index in [0.29, 0.717) is 0 Å². The molecule has 1 amide bonds. The number of carbonyl (C=O) groups is 1. The van der Waals surface area contributed by atoms with E-state index in [-0.39, 0.29) is 18.1 Å². The van der Waals surface area contributed by atoms with E-state index >= 15 is 0 Å². The van der Waals surface area contributed by atoms with Gasteiger partial charge in [-0.15, -0.1) is 0 Å². The van der Waals surface area contributed by atoms with Crippen LogP contribution in [-0.2, 0) is 4.79 Å². The summed E-state index contributed by atoms with van der Waals surface area (Å²) < 4.78 is 0. The molecule has 3 heteroatoms. The second-order valence-electron chi connectivity index (χ2n) is 6.41. The van der Waals surface area contributed by atoms with Crippen molar-refractivity contribution in [3.8, 4) is 0 Å². The van der Waals surface area contributed by atoms with Crippen molar-refractivity contribution in [2.75, 3.05) is 6.54 Å². The topological polar surface area (TPSA) is 32.3 Å². The molecule has 1 N–H and O–H groups in total. The minimum Gasteiger partial charge on any atom is -0.325 e. The number of benzene rings is 1. The highest BCUT2D eigenvalue weighted by atomic mass is 16.2. The molecular formula is C18H26N2O. The van der Waals surface area contributed by atoms with Crippen molar-refractivity contribution < 1.29 is 4.79 Å². The lowest BCUT2D eigenvalue weighted by Gasteiger charge is -2.24. The smallest absolute Gasteiger partial charge is 0.245 e. The SMILES string of the molecule is CCC1NC(c2ccccc2)C(=O)N1CCC1CCCC1. The number of hydrogen-bond donors (Lipinski definition) is 1. The second kappa shape index (κ2) is 6.61. The number of amides is 1. The Morgan fingerprint density at radius 3 is 2.57 bits per heavy atom. The van der Waals surface area contributed by atoms with Gasteiger partial charge in [0.25, 0.3) is 0 Å². The highest BCUT2D eigenvalue weighted by molar-refractivity contribution is 5.85. The van der Waals surface area contributed by atoms with Crippen LogP contribution in [0, 0.1) is 5.92 Å². The zero-order valence-electron chi connectivity index (χ0n) is 12.9. The van der Waals surface area contributed by atoms with Crippen molar-refractivity contribution >= 4 is 5.91 Å². The highest BCUT2D eigenvalue weighted by Crippen LogP contribution is 2.30. The van der Waals surface area contributed by atoms with Gasteiger partial charge in [-0.1, -0.05) is 62.9 Å². The Labute approximate surface area is 127 Å². The lowest BCUT2D eigenvalue weighted by molar-refractivity contribution is -0.130. The largest absolute Gasteiger partial charge is 0.325 e. The third kappa shape index (κ3) is 3.13. The van der Waals surface area contributed by atoms with E-state index in [2.05, 4.69) is 17.1 Å². The highest BCUT2D eigenvalue weighted by Gasteiger charge is 2.38. The number of nitrogens with one attached hydrogen (secondary N) is 1. The first-order valence-electron chi connectivity index (χ1n) is 8.41. The summed E-state index contributed by atoms with van der Waals surface area (Å²) in [5, 5.41) is 3.51. The molecule has 0 bridgehead atoms. The van der Waals surface area contributed by atoms with Crippen molar-refractivity contribution in [3.63, 3.8) is 0 Å². The van der Waals surface area contributed by atoms with Crippen LogP contribution in [0.1, 0.15) is 57.1 Å². The van der Waals surface area contributed by atoms with Crippen LogP contribution in [0.5, 0.6) is 0 Å². The molecule has 2 aliphatic rings. The first-order valence-corrected chi connectivity index (χ1v) is 8.41. The summed E-state index contributed by atoms with van der Waals surface area (Å²) in [5.74, 6) is 1.09. The summed E-state index contributed by atoms with van der Waals surface area (Å²) in [6.45, 7) is 3.07. The summed E-state index contributed by atoms with van der Waals surface area (Å²) in [7, 11) is 0. The lowest BCUT2D eigenvalue weighted by atomic mass is 10.0. The van der Waals surface area contributed by atoms with Gasteiger partial charge in [0, 0.05) is 6.54 Å². The molecule has 2 atom stereocenters. The standard InChI is InChI=1S/C18H26N2O/c1-2-16-19-17(15-10-4-3-5-11-15)18(21)20(16)13-12-14-8-6-7-9-14/h3-5,10-11,14,16-17,19H,2,6-9,12-13H2,1H3. The van der Waals surface area contributed by atoms with Crippen molar-refractivity contribution in [2.45, 2.75) is 57.7 Å². The van der Waals surface area contributed by atoms with Gasteiger partial charge in [-0.25, -0.2) is 0 Å². The summed E-state index contributed by atoms with van der Waals surface area (Å²) in [4.78, 5) is 14.8. The number of carbonyl (C=O) groups excluding carboxylic acids is 1. The molecule has 1 heterocycles. The minimum atomic E-state index is -0.153. The molecule has 1 aliphatic carbocycles. The summed E-state index contributed by atoms with van der Waals surface area (Å²) in [6.07, 6.45) is 7.80. The molecule has 0 spiro atoms. The molecule has 1 aliphatic heterocycles. The maximum Gasteiger partial charge on any atom is 0.245 e. The van der Waals surface area contributed by atoms with Gasteiger partial charge in [-0.3, -0.25) is 10.1 Å². The summed E-state index contributed by atoms with van der Waals surface area (Å²) >= 11 is 0. The Hall–Kier alpha value is -1.35. The monoisotopic (exact) mass is 286 g/mol. The quantitative estimate of drug-likeness (QED) is 0.899. The molecule has 2 fully saturated rings. The Kier molecular flexibility index (Phi) is 4.59. The fraction of sp³-hybridized carbons (Fsp3) is 0.611. The van der Waals surface area contributed by atoms with Gasteiger partial charge in [0.15, 0.2) is 0 Å². The van der Waals surface area contributed by atoms with E-state index < -0.39 is 0 Å². The molecular weight excluding hydrogens is 260 g/mol. The Bertz CT molecular complexity index is 467. The molecule has 1 saturated heterocycles. The van der Waals surface area contributed by atoms with Gasteiger partial charge in [-0.05, 0) is 24.3 Å². The van der Waals surface area contributed by atoms with E-state index in [9.17, 15) is 4.79 Å². The second-order valence-corrected chi connectivity index (χ2v) is 6.41. The molecule has 1 aromatic rings. The first-order chi connectivity index (χ1) is 10.3. The van der Waals surface area contributed by atoms with Crippen molar-refractivity contribution in [3.05, 3.63) is 35.9 Å². The fourth-order valence-electron chi connectivity index (χ4n) is 3.78. The van der Waals surface area contributed by atoms with Gasteiger partial charge in [-0.2, -0.15) is 0 Å². The molecule has 3 rings (SSSR count). The van der Waals surface area contributed by atoms with Gasteiger partial charge in [0.05, 0.1) is 6.17 Å². The lowest BCUT2D eigenvalue weighted by Crippen LogP contribution is -2.37. The zero-order valence-corrected chi connectivity index (χ0v) is 12.9. The van der Waals surface area contributed by atoms with Crippen LogP contribution in [0.3, 0.4) is 0 Å². The van der Waals surface area contributed by atoms with E-state index in [1.165, 1.54) is 32.1 Å². The molecule has 21 heavy (non-hydrogen) atoms. The van der Waals surface area contributed by atoms with Gasteiger partial charge >= 0.3 is 0 Å². The van der Waals surface area contributed by atoms with Crippen LogP contribution in [0.4, 0.5) is 0 Å². The van der Waals surface area contributed by atoms with Gasteiger partial charge in [0.2, 0.25) is 5.91 Å².